The van der Waals surface area contributed by atoms with Gasteiger partial charge in [0.1, 0.15) is 0 Å². The number of nitrogens with one attached hydrogen (secondary N) is 1. The molecule has 1 aromatic rings. The van der Waals surface area contributed by atoms with Crippen molar-refractivity contribution in [3.05, 3.63) is 35.9 Å². The Kier molecular flexibility index (Phi) is 5.33. The predicted octanol–water partition coefficient (Wildman–Crippen LogP) is 3.34. The van der Waals surface area contributed by atoms with Crippen molar-refractivity contribution in [2.75, 3.05) is 0 Å². The van der Waals surface area contributed by atoms with Crippen molar-refractivity contribution in [2.45, 2.75) is 51.5 Å². The summed E-state index contributed by atoms with van der Waals surface area (Å²) in [4.78, 5) is 23.9. The van der Waals surface area contributed by atoms with Crippen molar-refractivity contribution in [3.63, 3.8) is 0 Å². The molecule has 0 heterocycles. The van der Waals surface area contributed by atoms with Gasteiger partial charge in [-0.2, -0.15) is 0 Å². The number of benzene rings is 1. The van der Waals surface area contributed by atoms with Gasteiger partial charge < -0.3 is 5.32 Å². The summed E-state index contributed by atoms with van der Waals surface area (Å²) in [6.07, 6.45) is 5.29. The van der Waals surface area contributed by atoms with Gasteiger partial charge >= 0.3 is 0 Å². The lowest BCUT2D eigenvalue weighted by Crippen LogP contribution is -2.41. The summed E-state index contributed by atoms with van der Waals surface area (Å²) in [6.45, 7) is 2.19. The molecular weight excluding hydrogens is 250 g/mol. The molecule has 0 radical (unpaired) electrons. The van der Waals surface area contributed by atoms with E-state index in [0.29, 0.717) is 17.5 Å². The van der Waals surface area contributed by atoms with Crippen LogP contribution in [0.1, 0.15) is 55.8 Å². The predicted molar refractivity (Wildman–Crippen MR) is 79.6 cm³/mol. The fourth-order valence-electron chi connectivity index (χ4n) is 2.81. The average molecular weight is 273 g/mol. The van der Waals surface area contributed by atoms with Crippen LogP contribution >= 0.6 is 0 Å². The van der Waals surface area contributed by atoms with Crippen molar-refractivity contribution in [3.8, 4) is 0 Å². The molecule has 0 aliphatic heterocycles. The van der Waals surface area contributed by atoms with E-state index in [1.807, 2.05) is 18.2 Å². The molecule has 1 aliphatic rings. The molecule has 3 heteroatoms. The van der Waals surface area contributed by atoms with E-state index in [1.54, 1.807) is 12.1 Å². The zero-order chi connectivity index (χ0) is 14.4. The third kappa shape index (κ3) is 4.19. The van der Waals surface area contributed by atoms with Gasteiger partial charge in [-0.3, -0.25) is 9.59 Å². The van der Waals surface area contributed by atoms with E-state index >= 15 is 0 Å². The van der Waals surface area contributed by atoms with E-state index in [-0.39, 0.29) is 24.5 Å². The Hall–Kier alpha value is -1.64. The maximum atomic E-state index is 11.9. The van der Waals surface area contributed by atoms with Crippen LogP contribution in [0.2, 0.25) is 0 Å². The summed E-state index contributed by atoms with van der Waals surface area (Å²) < 4.78 is 0. The molecule has 2 atom stereocenters. The lowest BCUT2D eigenvalue weighted by Gasteiger charge is -2.29. The van der Waals surface area contributed by atoms with E-state index in [1.165, 1.54) is 19.3 Å². The molecule has 1 saturated carbocycles. The van der Waals surface area contributed by atoms with E-state index in [4.69, 9.17) is 0 Å². The standard InChI is InChI=1S/C17H23NO2/c1-13-7-5-6-10-15(13)18-17(20)12-11-16(19)14-8-3-2-4-9-14/h2-4,8-9,13,15H,5-7,10-12H2,1H3,(H,18,20)/t13-,15+/m1/s1. The van der Waals surface area contributed by atoms with Crippen LogP contribution in [0.3, 0.4) is 0 Å². The first-order chi connectivity index (χ1) is 9.66. The number of rotatable bonds is 5. The summed E-state index contributed by atoms with van der Waals surface area (Å²) in [7, 11) is 0. The highest BCUT2D eigenvalue weighted by atomic mass is 16.2. The van der Waals surface area contributed by atoms with Crippen molar-refractivity contribution >= 4 is 11.7 Å². The van der Waals surface area contributed by atoms with Crippen LogP contribution in [0.5, 0.6) is 0 Å². The summed E-state index contributed by atoms with van der Waals surface area (Å²) in [5.74, 6) is 0.600. The Morgan fingerprint density at radius 1 is 1.10 bits per heavy atom. The van der Waals surface area contributed by atoms with E-state index < -0.39 is 0 Å². The van der Waals surface area contributed by atoms with Gasteiger partial charge in [-0.25, -0.2) is 0 Å². The molecule has 1 amide bonds. The Morgan fingerprint density at radius 3 is 2.50 bits per heavy atom. The monoisotopic (exact) mass is 273 g/mol. The molecule has 3 nitrogen and oxygen atoms in total. The molecule has 1 N–H and O–H groups in total. The number of carbonyl (C=O) groups is 2. The minimum Gasteiger partial charge on any atom is -0.353 e. The summed E-state index contributed by atoms with van der Waals surface area (Å²) in [6, 6.07) is 9.46. The first-order valence-corrected chi connectivity index (χ1v) is 7.54. The SMILES string of the molecule is C[C@@H]1CCCC[C@@H]1NC(=O)CCC(=O)c1ccccc1. The van der Waals surface area contributed by atoms with Gasteiger partial charge in [-0.15, -0.1) is 0 Å². The number of hydrogen-bond acceptors (Lipinski definition) is 2. The van der Waals surface area contributed by atoms with E-state index in [2.05, 4.69) is 12.2 Å². The van der Waals surface area contributed by atoms with Crippen LogP contribution < -0.4 is 5.32 Å². The van der Waals surface area contributed by atoms with Crippen LogP contribution in [0.25, 0.3) is 0 Å². The van der Waals surface area contributed by atoms with Crippen molar-refractivity contribution in [2.24, 2.45) is 5.92 Å². The van der Waals surface area contributed by atoms with Crippen LogP contribution in [-0.4, -0.2) is 17.7 Å². The number of amides is 1. The second-order valence-electron chi connectivity index (χ2n) is 5.72. The molecule has 1 aliphatic carbocycles. The zero-order valence-corrected chi connectivity index (χ0v) is 12.1. The zero-order valence-electron chi connectivity index (χ0n) is 12.1. The number of ketones is 1. The molecule has 20 heavy (non-hydrogen) atoms. The Morgan fingerprint density at radius 2 is 1.80 bits per heavy atom. The molecule has 0 saturated heterocycles. The molecule has 0 spiro atoms. The minimum absolute atomic E-state index is 0.00744. The lowest BCUT2D eigenvalue weighted by molar-refractivity contribution is -0.122. The van der Waals surface area contributed by atoms with Gasteiger partial charge in [-0.05, 0) is 18.8 Å². The summed E-state index contributed by atoms with van der Waals surface area (Å²) in [5.41, 5.74) is 0.686. The van der Waals surface area contributed by atoms with Gasteiger partial charge in [0.2, 0.25) is 5.91 Å². The Labute approximate surface area is 120 Å². The van der Waals surface area contributed by atoms with Crippen LogP contribution in [0.15, 0.2) is 30.3 Å². The lowest BCUT2D eigenvalue weighted by atomic mass is 9.86. The van der Waals surface area contributed by atoms with Crippen molar-refractivity contribution < 1.29 is 9.59 Å². The topological polar surface area (TPSA) is 46.2 Å². The smallest absolute Gasteiger partial charge is 0.220 e. The highest BCUT2D eigenvalue weighted by Gasteiger charge is 2.22. The van der Waals surface area contributed by atoms with Gasteiger partial charge in [0, 0.05) is 24.4 Å². The molecule has 2 rings (SSSR count). The second-order valence-corrected chi connectivity index (χ2v) is 5.72. The molecule has 1 fully saturated rings. The second kappa shape index (κ2) is 7.22. The maximum absolute atomic E-state index is 11.9. The highest BCUT2D eigenvalue weighted by Crippen LogP contribution is 2.23. The molecular formula is C17H23NO2. The fourth-order valence-corrected chi connectivity index (χ4v) is 2.81. The largest absolute Gasteiger partial charge is 0.353 e. The Bertz CT molecular complexity index is 455. The molecule has 108 valence electrons. The molecule has 0 aromatic heterocycles. The quantitative estimate of drug-likeness (QED) is 0.836. The van der Waals surface area contributed by atoms with Crippen molar-refractivity contribution in [1.82, 2.24) is 5.32 Å². The normalized spacial score (nSPS) is 22.2. The number of Topliss-reactive ketones (excluding diaryl/α,β-unsaturated/α-hetero) is 1. The Balaban J connectivity index is 1.76. The van der Waals surface area contributed by atoms with Gasteiger partial charge in [0.05, 0.1) is 0 Å². The van der Waals surface area contributed by atoms with Gasteiger partial charge in [-0.1, -0.05) is 50.1 Å². The third-order valence-corrected chi connectivity index (χ3v) is 4.13. The van der Waals surface area contributed by atoms with Crippen LogP contribution in [0, 0.1) is 5.92 Å². The molecule has 0 bridgehead atoms. The molecule has 0 unspecified atom stereocenters. The van der Waals surface area contributed by atoms with Gasteiger partial charge in [0.15, 0.2) is 5.78 Å². The van der Waals surface area contributed by atoms with Crippen molar-refractivity contribution in [1.29, 1.82) is 0 Å². The first kappa shape index (κ1) is 14.8. The number of carbonyl (C=O) groups excluding carboxylic acids is 2. The summed E-state index contributed by atoms with van der Waals surface area (Å²) in [5, 5.41) is 3.08. The summed E-state index contributed by atoms with van der Waals surface area (Å²) >= 11 is 0. The highest BCUT2D eigenvalue weighted by molar-refractivity contribution is 5.97. The minimum atomic E-state index is 0.00744. The molecule has 1 aromatic carbocycles. The van der Waals surface area contributed by atoms with Crippen LogP contribution in [0.4, 0.5) is 0 Å². The van der Waals surface area contributed by atoms with E-state index in [9.17, 15) is 9.59 Å². The maximum Gasteiger partial charge on any atom is 0.220 e. The van der Waals surface area contributed by atoms with Crippen LogP contribution in [-0.2, 0) is 4.79 Å². The number of hydrogen-bond donors (Lipinski definition) is 1. The van der Waals surface area contributed by atoms with E-state index in [0.717, 1.165) is 6.42 Å². The third-order valence-electron chi connectivity index (χ3n) is 4.13. The fraction of sp³-hybridized carbons (Fsp3) is 0.529. The van der Waals surface area contributed by atoms with Gasteiger partial charge in [0.25, 0.3) is 0 Å². The first-order valence-electron chi connectivity index (χ1n) is 7.54. The average Bonchev–Trinajstić information content (AvgIpc) is 2.48.